The Labute approximate surface area is 139 Å². The number of rotatable bonds is 5. The van der Waals surface area contributed by atoms with Crippen molar-refractivity contribution in [2.75, 3.05) is 14.2 Å². The van der Waals surface area contributed by atoms with Crippen LogP contribution in [0, 0.1) is 0 Å². The predicted octanol–water partition coefficient (Wildman–Crippen LogP) is 1.60. The van der Waals surface area contributed by atoms with E-state index in [1.165, 1.54) is 62.7 Å². The van der Waals surface area contributed by atoms with E-state index in [9.17, 15) is 18.0 Å². The van der Waals surface area contributed by atoms with Gasteiger partial charge < -0.3 is 14.2 Å². The van der Waals surface area contributed by atoms with Gasteiger partial charge in [0.15, 0.2) is 0 Å². The summed E-state index contributed by atoms with van der Waals surface area (Å²) >= 11 is 0. The van der Waals surface area contributed by atoms with Crippen molar-refractivity contribution >= 4 is 22.0 Å². The molecular weight excluding hydrogens is 334 g/mol. The van der Waals surface area contributed by atoms with E-state index in [0.717, 1.165) is 0 Å². The second-order valence-electron chi connectivity index (χ2n) is 4.66. The zero-order chi connectivity index (χ0) is 17.7. The van der Waals surface area contributed by atoms with Crippen LogP contribution in [0.15, 0.2) is 53.4 Å². The number of hydrogen-bond donors (Lipinski definition) is 1. The highest BCUT2D eigenvalue weighted by Gasteiger charge is 2.18. The summed E-state index contributed by atoms with van der Waals surface area (Å²) in [5, 5.41) is 2.44. The lowest BCUT2D eigenvalue weighted by molar-refractivity contribution is 0.0600. The number of esters is 1. The third-order valence-electron chi connectivity index (χ3n) is 3.09. The minimum atomic E-state index is -4.10. The molecule has 0 saturated heterocycles. The average Bonchev–Trinajstić information content (AvgIpc) is 2.60. The molecule has 7 nitrogen and oxygen atoms in total. The van der Waals surface area contributed by atoms with Crippen LogP contribution in [0.25, 0.3) is 0 Å². The fraction of sp³-hybridized carbons (Fsp3) is 0.125. The monoisotopic (exact) mass is 349 g/mol. The zero-order valence-corrected chi connectivity index (χ0v) is 13.8. The molecule has 0 atom stereocenters. The van der Waals surface area contributed by atoms with Gasteiger partial charge in [-0.3, -0.25) is 4.79 Å². The second kappa shape index (κ2) is 7.14. The van der Waals surface area contributed by atoms with E-state index < -0.39 is 16.1 Å². The number of carbonyl (C=O) groups is 2. The van der Waals surface area contributed by atoms with Crippen molar-refractivity contribution in [1.82, 2.24) is 5.32 Å². The molecular formula is C16H15NO6S. The molecule has 0 unspecified atom stereocenters. The van der Waals surface area contributed by atoms with Crippen molar-refractivity contribution in [3.05, 3.63) is 59.7 Å². The van der Waals surface area contributed by atoms with E-state index in [1.54, 1.807) is 0 Å². The second-order valence-corrected chi connectivity index (χ2v) is 6.21. The van der Waals surface area contributed by atoms with Gasteiger partial charge in [-0.25, -0.2) is 4.79 Å². The topological polar surface area (TPSA) is 98.8 Å². The molecule has 8 heteroatoms. The van der Waals surface area contributed by atoms with Gasteiger partial charge >= 0.3 is 16.1 Å². The average molecular weight is 349 g/mol. The first-order valence-corrected chi connectivity index (χ1v) is 8.23. The highest BCUT2D eigenvalue weighted by Crippen LogP contribution is 2.20. The summed E-state index contributed by atoms with van der Waals surface area (Å²) in [6.45, 7) is 0. The van der Waals surface area contributed by atoms with Crippen LogP contribution in [0.1, 0.15) is 20.7 Å². The highest BCUT2D eigenvalue weighted by molar-refractivity contribution is 7.87. The molecule has 2 aromatic rings. The standard InChI is InChI=1S/C16H15NO6S/c1-17-15(18)11-6-8-14(9-7-11)24(20,21)23-13-5-3-4-12(10-13)16(19)22-2/h3-10H,1-2H3,(H,17,18). The van der Waals surface area contributed by atoms with Crippen molar-refractivity contribution in [3.63, 3.8) is 0 Å². The summed E-state index contributed by atoms with van der Waals surface area (Å²) in [6.07, 6.45) is 0. The maximum absolute atomic E-state index is 12.3. The van der Waals surface area contributed by atoms with Crippen LogP contribution in [0.2, 0.25) is 0 Å². The van der Waals surface area contributed by atoms with Crippen LogP contribution in [-0.4, -0.2) is 34.5 Å². The lowest BCUT2D eigenvalue weighted by Gasteiger charge is -2.08. The SMILES string of the molecule is CNC(=O)c1ccc(S(=O)(=O)Oc2cccc(C(=O)OC)c2)cc1. The maximum atomic E-state index is 12.3. The minimum absolute atomic E-state index is 0.0201. The van der Waals surface area contributed by atoms with Crippen LogP contribution in [0.3, 0.4) is 0 Å². The summed E-state index contributed by atoms with van der Waals surface area (Å²) < 4.78 is 34.1. The van der Waals surface area contributed by atoms with Crippen molar-refractivity contribution in [2.45, 2.75) is 4.90 Å². The molecule has 0 heterocycles. The van der Waals surface area contributed by atoms with Gasteiger partial charge in [0.1, 0.15) is 10.6 Å². The molecule has 1 amide bonds. The van der Waals surface area contributed by atoms with Crippen molar-refractivity contribution in [1.29, 1.82) is 0 Å². The van der Waals surface area contributed by atoms with Crippen LogP contribution >= 0.6 is 0 Å². The number of hydrogen-bond acceptors (Lipinski definition) is 6. The Bertz CT molecular complexity index is 858. The van der Waals surface area contributed by atoms with Gasteiger partial charge in [0, 0.05) is 12.6 Å². The summed E-state index contributed by atoms with van der Waals surface area (Å²) in [5.74, 6) is -0.952. The van der Waals surface area contributed by atoms with Gasteiger partial charge in [0.25, 0.3) is 5.91 Å². The van der Waals surface area contributed by atoms with Crippen LogP contribution < -0.4 is 9.50 Å². The van der Waals surface area contributed by atoms with Crippen LogP contribution in [0.5, 0.6) is 5.75 Å². The van der Waals surface area contributed by atoms with Gasteiger partial charge in [-0.1, -0.05) is 6.07 Å². The number of methoxy groups -OCH3 is 1. The molecule has 126 valence electrons. The molecule has 1 N–H and O–H groups in total. The molecule has 2 aromatic carbocycles. The summed E-state index contributed by atoms with van der Waals surface area (Å²) in [7, 11) is -1.40. The fourth-order valence-electron chi connectivity index (χ4n) is 1.88. The maximum Gasteiger partial charge on any atom is 0.339 e. The summed E-state index contributed by atoms with van der Waals surface area (Å²) in [6, 6.07) is 10.9. The lowest BCUT2D eigenvalue weighted by Crippen LogP contribution is -2.18. The molecule has 0 aliphatic rings. The first-order chi connectivity index (χ1) is 11.4. The molecule has 0 aromatic heterocycles. The van der Waals surface area contributed by atoms with E-state index >= 15 is 0 Å². The summed E-state index contributed by atoms with van der Waals surface area (Å²) in [5.41, 5.74) is 0.490. The Hall–Kier alpha value is -2.87. The largest absolute Gasteiger partial charge is 0.465 e. The lowest BCUT2D eigenvalue weighted by atomic mass is 10.2. The van der Waals surface area contributed by atoms with Crippen molar-refractivity contribution in [3.8, 4) is 5.75 Å². The minimum Gasteiger partial charge on any atom is -0.465 e. The van der Waals surface area contributed by atoms with Gasteiger partial charge in [0.2, 0.25) is 0 Å². The third-order valence-corrected chi connectivity index (χ3v) is 4.35. The van der Waals surface area contributed by atoms with E-state index in [2.05, 4.69) is 10.1 Å². The fourth-order valence-corrected chi connectivity index (χ4v) is 2.81. The van der Waals surface area contributed by atoms with Gasteiger partial charge in [-0.05, 0) is 42.5 Å². The number of ether oxygens (including phenoxy) is 1. The van der Waals surface area contributed by atoms with Crippen molar-refractivity contribution in [2.24, 2.45) is 0 Å². The molecule has 0 aliphatic heterocycles. The van der Waals surface area contributed by atoms with Gasteiger partial charge in [0.05, 0.1) is 12.7 Å². The molecule has 0 saturated carbocycles. The Morgan fingerprint density at radius 3 is 2.25 bits per heavy atom. The van der Waals surface area contributed by atoms with E-state index in [1.807, 2.05) is 0 Å². The smallest absolute Gasteiger partial charge is 0.339 e. The molecule has 0 radical (unpaired) electrons. The number of carbonyl (C=O) groups excluding carboxylic acids is 2. The normalized spacial score (nSPS) is 10.8. The van der Waals surface area contributed by atoms with E-state index in [-0.39, 0.29) is 22.1 Å². The Kier molecular flexibility index (Phi) is 5.20. The van der Waals surface area contributed by atoms with Crippen LogP contribution in [-0.2, 0) is 14.9 Å². The molecule has 2 rings (SSSR count). The van der Waals surface area contributed by atoms with Crippen molar-refractivity contribution < 1.29 is 26.9 Å². The Morgan fingerprint density at radius 1 is 1.00 bits per heavy atom. The molecule has 24 heavy (non-hydrogen) atoms. The number of amides is 1. The van der Waals surface area contributed by atoms with Gasteiger partial charge in [-0.2, -0.15) is 8.42 Å². The molecule has 0 bridgehead atoms. The number of benzene rings is 2. The number of nitrogens with one attached hydrogen (secondary N) is 1. The quantitative estimate of drug-likeness (QED) is 0.650. The van der Waals surface area contributed by atoms with Crippen LogP contribution in [0.4, 0.5) is 0 Å². The van der Waals surface area contributed by atoms with E-state index in [0.29, 0.717) is 5.56 Å². The third kappa shape index (κ3) is 3.90. The molecule has 0 fully saturated rings. The van der Waals surface area contributed by atoms with E-state index in [4.69, 9.17) is 4.18 Å². The molecule has 0 spiro atoms. The molecule has 0 aliphatic carbocycles. The van der Waals surface area contributed by atoms with Gasteiger partial charge in [-0.15, -0.1) is 0 Å². The first-order valence-electron chi connectivity index (χ1n) is 6.82. The Balaban J connectivity index is 2.25. The predicted molar refractivity (Wildman–Crippen MR) is 85.4 cm³/mol. The highest BCUT2D eigenvalue weighted by atomic mass is 32.2. The zero-order valence-electron chi connectivity index (χ0n) is 13.0. The Morgan fingerprint density at radius 2 is 1.67 bits per heavy atom. The summed E-state index contributed by atoms with van der Waals surface area (Å²) in [4.78, 5) is 22.8. The first kappa shape index (κ1) is 17.5.